The summed E-state index contributed by atoms with van der Waals surface area (Å²) in [5.41, 5.74) is 0.420. The van der Waals surface area contributed by atoms with Gasteiger partial charge in [0.05, 0.1) is 45.3 Å². The van der Waals surface area contributed by atoms with Gasteiger partial charge in [-0.2, -0.15) is 0 Å². The number of amides is 2. The highest BCUT2D eigenvalue weighted by molar-refractivity contribution is 7.91. The van der Waals surface area contributed by atoms with Gasteiger partial charge in [0.1, 0.15) is 22.1 Å². The van der Waals surface area contributed by atoms with E-state index in [1.165, 1.54) is 33.5 Å². The number of hydrogen-bond donors (Lipinski definition) is 2. The second-order valence-electron chi connectivity index (χ2n) is 7.19. The van der Waals surface area contributed by atoms with Crippen LogP contribution in [0.25, 0.3) is 0 Å². The lowest BCUT2D eigenvalue weighted by Gasteiger charge is -2.29. The maximum Gasteiger partial charge on any atom is 0.338 e. The van der Waals surface area contributed by atoms with Gasteiger partial charge >= 0.3 is 12.0 Å². The number of benzene rings is 2. The number of carbonyl (C=O) groups excluding carboxylic acids is 2. The normalized spacial score (nSPS) is 15.8. The lowest BCUT2D eigenvalue weighted by molar-refractivity contribution is -0.136. The number of nitrogens with one attached hydrogen (secondary N) is 2. The van der Waals surface area contributed by atoms with Crippen LogP contribution < -0.4 is 24.8 Å². The fourth-order valence-electron chi connectivity index (χ4n) is 3.55. The van der Waals surface area contributed by atoms with Crippen LogP contribution in [0.15, 0.2) is 58.6 Å². The molecule has 2 amide bonds. The predicted molar refractivity (Wildman–Crippen MR) is 123 cm³/mol. The molecule has 0 saturated heterocycles. The molecule has 3 rings (SSSR count). The van der Waals surface area contributed by atoms with E-state index in [0.29, 0.717) is 23.7 Å². The van der Waals surface area contributed by atoms with Crippen molar-refractivity contribution >= 4 is 21.8 Å². The smallest absolute Gasteiger partial charge is 0.338 e. The maximum atomic E-state index is 13.4. The second-order valence-corrected chi connectivity index (χ2v) is 9.15. The minimum absolute atomic E-state index is 0.0308. The molecule has 1 heterocycles. The maximum absolute atomic E-state index is 13.4. The number of urea groups is 1. The summed E-state index contributed by atoms with van der Waals surface area (Å²) >= 11 is 0. The zero-order chi connectivity index (χ0) is 24.9. The highest BCUT2D eigenvalue weighted by atomic mass is 32.2. The summed E-state index contributed by atoms with van der Waals surface area (Å²) in [6.45, 7) is 2.33. The molecule has 0 fully saturated rings. The van der Waals surface area contributed by atoms with Crippen LogP contribution in [0.2, 0.25) is 0 Å². The molecule has 1 aliphatic heterocycles. The van der Waals surface area contributed by atoms with Crippen molar-refractivity contribution in [1.29, 1.82) is 0 Å². The van der Waals surface area contributed by atoms with E-state index in [0.717, 1.165) is 0 Å². The van der Waals surface area contributed by atoms with Gasteiger partial charge in [-0.1, -0.05) is 12.1 Å². The molecule has 2 aromatic rings. The molecular formula is C23H26N2O8S. The number of hydrogen-bond acceptors (Lipinski definition) is 8. The molecule has 10 nitrogen and oxygen atoms in total. The molecule has 1 aliphatic rings. The van der Waals surface area contributed by atoms with E-state index < -0.39 is 33.6 Å². The first-order chi connectivity index (χ1) is 16.2. The van der Waals surface area contributed by atoms with Gasteiger partial charge in [0.15, 0.2) is 9.84 Å². The zero-order valence-corrected chi connectivity index (χ0v) is 20.0. The van der Waals surface area contributed by atoms with Crippen LogP contribution in [0.4, 0.5) is 4.79 Å². The topological polar surface area (TPSA) is 129 Å². The molecule has 0 saturated carbocycles. The van der Waals surface area contributed by atoms with Crippen molar-refractivity contribution < 1.29 is 37.0 Å². The fourth-order valence-corrected chi connectivity index (χ4v) is 5.07. The first-order valence-corrected chi connectivity index (χ1v) is 12.0. The van der Waals surface area contributed by atoms with Crippen LogP contribution in [-0.2, 0) is 19.4 Å². The Morgan fingerprint density at radius 2 is 1.68 bits per heavy atom. The van der Waals surface area contributed by atoms with Crippen molar-refractivity contribution in [2.45, 2.75) is 17.9 Å². The Hall–Kier alpha value is -3.73. The standard InChI is InChI=1S/C23H26N2O8S/c1-5-33-15-8-6-14(7-9-15)21-20(22(26)32-4)17(24-23(27)25-21)13-34(28,29)19-12-16(30-2)10-11-18(19)31-3/h6-12,21H,5,13H2,1-4H3,(H2,24,25,27). The van der Waals surface area contributed by atoms with Crippen LogP contribution in [0.5, 0.6) is 17.2 Å². The van der Waals surface area contributed by atoms with Gasteiger partial charge in [0.2, 0.25) is 0 Å². The van der Waals surface area contributed by atoms with Gasteiger partial charge < -0.3 is 29.6 Å². The Bertz CT molecular complexity index is 1210. The zero-order valence-electron chi connectivity index (χ0n) is 19.2. The molecule has 2 N–H and O–H groups in total. The Balaban J connectivity index is 2.09. The van der Waals surface area contributed by atoms with E-state index in [1.54, 1.807) is 30.3 Å². The van der Waals surface area contributed by atoms with Crippen LogP contribution in [0, 0.1) is 0 Å². The third-order valence-corrected chi connectivity index (χ3v) is 6.78. The lowest BCUT2D eigenvalue weighted by Crippen LogP contribution is -2.47. The molecule has 1 unspecified atom stereocenters. The fraction of sp³-hybridized carbons (Fsp3) is 0.304. The van der Waals surface area contributed by atoms with Crippen molar-refractivity contribution in [1.82, 2.24) is 10.6 Å². The first kappa shape index (κ1) is 24.9. The minimum Gasteiger partial charge on any atom is -0.497 e. The molecule has 0 radical (unpaired) electrons. The number of methoxy groups -OCH3 is 3. The molecule has 182 valence electrons. The van der Waals surface area contributed by atoms with E-state index in [4.69, 9.17) is 18.9 Å². The quantitative estimate of drug-likeness (QED) is 0.513. The molecule has 0 spiro atoms. The monoisotopic (exact) mass is 490 g/mol. The third-order valence-electron chi connectivity index (χ3n) is 5.12. The molecule has 11 heteroatoms. The summed E-state index contributed by atoms with van der Waals surface area (Å²) in [7, 11) is -0.159. The van der Waals surface area contributed by atoms with E-state index in [1.807, 2.05) is 6.92 Å². The average molecular weight is 491 g/mol. The van der Waals surface area contributed by atoms with Gasteiger partial charge in [0.25, 0.3) is 0 Å². The number of esters is 1. The van der Waals surface area contributed by atoms with Crippen molar-refractivity contribution in [2.24, 2.45) is 0 Å². The van der Waals surface area contributed by atoms with Crippen molar-refractivity contribution in [3.05, 3.63) is 59.3 Å². The second kappa shape index (κ2) is 10.5. The van der Waals surface area contributed by atoms with E-state index >= 15 is 0 Å². The first-order valence-electron chi connectivity index (χ1n) is 10.3. The van der Waals surface area contributed by atoms with Crippen molar-refractivity contribution in [3.63, 3.8) is 0 Å². The van der Waals surface area contributed by atoms with Gasteiger partial charge in [-0.15, -0.1) is 0 Å². The summed E-state index contributed by atoms with van der Waals surface area (Å²) in [5, 5.41) is 5.11. The molecule has 0 aromatic heterocycles. The number of carbonyl (C=O) groups is 2. The largest absolute Gasteiger partial charge is 0.497 e. The summed E-state index contributed by atoms with van der Waals surface area (Å²) < 4.78 is 47.4. The highest BCUT2D eigenvalue weighted by Gasteiger charge is 2.36. The molecule has 0 bridgehead atoms. The van der Waals surface area contributed by atoms with E-state index in [2.05, 4.69) is 10.6 Å². The number of rotatable bonds is 9. The molecule has 34 heavy (non-hydrogen) atoms. The Morgan fingerprint density at radius 1 is 1.00 bits per heavy atom. The van der Waals surface area contributed by atoms with Crippen LogP contribution in [0.1, 0.15) is 18.5 Å². The van der Waals surface area contributed by atoms with Gasteiger partial charge in [-0.25, -0.2) is 18.0 Å². The molecule has 2 aromatic carbocycles. The summed E-state index contributed by atoms with van der Waals surface area (Å²) in [6.07, 6.45) is 0. The van der Waals surface area contributed by atoms with Crippen LogP contribution in [-0.4, -0.2) is 54.1 Å². The van der Waals surface area contributed by atoms with E-state index in [-0.39, 0.29) is 21.9 Å². The minimum atomic E-state index is -4.09. The third kappa shape index (κ3) is 5.25. The van der Waals surface area contributed by atoms with Gasteiger partial charge in [0, 0.05) is 11.8 Å². The number of ether oxygens (including phenoxy) is 4. The Kier molecular flexibility index (Phi) is 7.67. The van der Waals surface area contributed by atoms with Crippen molar-refractivity contribution in [2.75, 3.05) is 33.7 Å². The Morgan fingerprint density at radius 3 is 2.26 bits per heavy atom. The lowest BCUT2D eigenvalue weighted by atomic mass is 9.95. The molecule has 0 aliphatic carbocycles. The molecular weight excluding hydrogens is 464 g/mol. The highest BCUT2D eigenvalue weighted by Crippen LogP contribution is 2.33. The van der Waals surface area contributed by atoms with Crippen LogP contribution in [0.3, 0.4) is 0 Å². The summed E-state index contributed by atoms with van der Waals surface area (Å²) in [5.74, 6) is -0.438. The molecule has 1 atom stereocenters. The Labute approximate surface area is 197 Å². The average Bonchev–Trinajstić information content (AvgIpc) is 2.83. The van der Waals surface area contributed by atoms with Gasteiger partial charge in [-0.05, 0) is 36.8 Å². The van der Waals surface area contributed by atoms with Crippen LogP contribution >= 0.6 is 0 Å². The predicted octanol–water partition coefficient (Wildman–Crippen LogP) is 2.36. The van der Waals surface area contributed by atoms with Gasteiger partial charge in [-0.3, -0.25) is 0 Å². The van der Waals surface area contributed by atoms with E-state index in [9.17, 15) is 18.0 Å². The summed E-state index contributed by atoms with van der Waals surface area (Å²) in [6, 6.07) is 9.50. The SMILES string of the molecule is CCOc1ccc(C2NC(=O)NC(CS(=O)(=O)c3cc(OC)ccc3OC)=C2C(=O)OC)cc1. The number of sulfone groups is 1. The van der Waals surface area contributed by atoms with Crippen molar-refractivity contribution in [3.8, 4) is 17.2 Å². The summed E-state index contributed by atoms with van der Waals surface area (Å²) in [4.78, 5) is 25.1.